The van der Waals surface area contributed by atoms with Crippen molar-refractivity contribution in [1.29, 1.82) is 0 Å². The first-order chi connectivity index (χ1) is 8.70. The summed E-state index contributed by atoms with van der Waals surface area (Å²) in [6, 6.07) is 6.37. The number of benzene rings is 1. The molecular weight excluding hydrogens is 251 g/mol. The molecule has 90 valence electrons. The Morgan fingerprint density at radius 2 is 2.11 bits per heavy atom. The van der Waals surface area contributed by atoms with Crippen LogP contribution in [0.15, 0.2) is 30.6 Å². The van der Waals surface area contributed by atoms with Gasteiger partial charge in [0.25, 0.3) is 0 Å². The fraction of sp³-hybridized carbons (Fsp3) is 0.0833. The van der Waals surface area contributed by atoms with Crippen molar-refractivity contribution < 1.29 is 4.39 Å². The predicted molar refractivity (Wildman–Crippen MR) is 69.6 cm³/mol. The van der Waals surface area contributed by atoms with Gasteiger partial charge in [-0.3, -0.25) is 0 Å². The standard InChI is InChI=1S/C12H9FN4S/c1-7-4-11(15-6-14-7)17-12-16-9-3-2-8(13)5-10(9)18-12/h2-6H,1H3,(H,14,15,16,17). The van der Waals surface area contributed by atoms with E-state index in [9.17, 15) is 4.39 Å². The lowest BCUT2D eigenvalue weighted by molar-refractivity contribution is 0.630. The van der Waals surface area contributed by atoms with E-state index in [2.05, 4.69) is 20.3 Å². The van der Waals surface area contributed by atoms with E-state index in [4.69, 9.17) is 0 Å². The largest absolute Gasteiger partial charge is 0.316 e. The number of anilines is 2. The van der Waals surface area contributed by atoms with Crippen LogP contribution in [0.1, 0.15) is 5.69 Å². The third kappa shape index (κ3) is 2.14. The van der Waals surface area contributed by atoms with E-state index >= 15 is 0 Å². The van der Waals surface area contributed by atoms with Gasteiger partial charge in [-0.1, -0.05) is 11.3 Å². The van der Waals surface area contributed by atoms with Crippen molar-refractivity contribution in [3.63, 3.8) is 0 Å². The average Bonchev–Trinajstić information content (AvgIpc) is 2.70. The summed E-state index contributed by atoms with van der Waals surface area (Å²) in [5.74, 6) is 0.428. The summed E-state index contributed by atoms with van der Waals surface area (Å²) < 4.78 is 13.9. The SMILES string of the molecule is Cc1cc(Nc2nc3ccc(F)cc3s2)ncn1. The molecule has 3 rings (SSSR count). The quantitative estimate of drug-likeness (QED) is 0.768. The molecule has 0 fully saturated rings. The monoisotopic (exact) mass is 260 g/mol. The number of halogens is 1. The number of aryl methyl sites for hydroxylation is 1. The average molecular weight is 260 g/mol. The van der Waals surface area contributed by atoms with E-state index in [0.29, 0.717) is 10.9 Å². The molecule has 0 amide bonds. The fourth-order valence-electron chi connectivity index (χ4n) is 1.58. The molecule has 0 aliphatic carbocycles. The fourth-order valence-corrected chi connectivity index (χ4v) is 2.48. The number of rotatable bonds is 2. The Kier molecular flexibility index (Phi) is 2.64. The molecule has 0 saturated carbocycles. The zero-order valence-corrected chi connectivity index (χ0v) is 10.3. The van der Waals surface area contributed by atoms with Gasteiger partial charge in [0, 0.05) is 11.8 Å². The molecule has 0 aliphatic rings. The Balaban J connectivity index is 1.95. The van der Waals surface area contributed by atoms with Crippen molar-refractivity contribution >= 4 is 32.5 Å². The molecule has 0 saturated heterocycles. The third-order valence-corrected chi connectivity index (χ3v) is 3.32. The van der Waals surface area contributed by atoms with Crippen LogP contribution < -0.4 is 5.32 Å². The Labute approximate surface area is 107 Å². The summed E-state index contributed by atoms with van der Waals surface area (Å²) in [5, 5.41) is 3.78. The van der Waals surface area contributed by atoms with Crippen molar-refractivity contribution in [3.05, 3.63) is 42.1 Å². The normalized spacial score (nSPS) is 10.8. The lowest BCUT2D eigenvalue weighted by Crippen LogP contribution is -1.94. The Bertz CT molecular complexity index is 710. The molecule has 2 heterocycles. The minimum Gasteiger partial charge on any atom is -0.316 e. The molecular formula is C12H9FN4S. The van der Waals surface area contributed by atoms with Gasteiger partial charge in [0.1, 0.15) is 18.0 Å². The molecule has 0 radical (unpaired) electrons. The molecule has 3 aromatic rings. The van der Waals surface area contributed by atoms with Gasteiger partial charge in [-0.25, -0.2) is 19.3 Å². The van der Waals surface area contributed by atoms with Gasteiger partial charge in [-0.2, -0.15) is 0 Å². The summed E-state index contributed by atoms with van der Waals surface area (Å²) in [5.41, 5.74) is 1.65. The first-order valence-electron chi connectivity index (χ1n) is 5.32. The van der Waals surface area contributed by atoms with Crippen molar-refractivity contribution in [3.8, 4) is 0 Å². The second-order valence-electron chi connectivity index (χ2n) is 3.80. The second-order valence-corrected chi connectivity index (χ2v) is 4.83. The minimum absolute atomic E-state index is 0.254. The van der Waals surface area contributed by atoms with Crippen LogP contribution >= 0.6 is 11.3 Å². The van der Waals surface area contributed by atoms with Gasteiger partial charge in [-0.15, -0.1) is 0 Å². The number of hydrogen-bond donors (Lipinski definition) is 1. The van der Waals surface area contributed by atoms with Crippen molar-refractivity contribution in [2.75, 3.05) is 5.32 Å². The third-order valence-electron chi connectivity index (χ3n) is 2.39. The molecule has 0 spiro atoms. The Morgan fingerprint density at radius 1 is 1.22 bits per heavy atom. The number of thiazole rings is 1. The molecule has 1 aromatic carbocycles. The van der Waals surface area contributed by atoms with Crippen LogP contribution in [0.2, 0.25) is 0 Å². The molecule has 0 unspecified atom stereocenters. The highest BCUT2D eigenvalue weighted by Gasteiger charge is 2.05. The van der Waals surface area contributed by atoms with Crippen LogP contribution in [0.5, 0.6) is 0 Å². The summed E-state index contributed by atoms with van der Waals surface area (Å²) in [7, 11) is 0. The van der Waals surface area contributed by atoms with Gasteiger partial charge in [0.15, 0.2) is 5.13 Å². The maximum atomic E-state index is 13.1. The van der Waals surface area contributed by atoms with Crippen LogP contribution in [0.25, 0.3) is 10.2 Å². The molecule has 0 atom stereocenters. The van der Waals surface area contributed by atoms with Crippen LogP contribution in [-0.4, -0.2) is 15.0 Å². The maximum absolute atomic E-state index is 13.1. The van der Waals surface area contributed by atoms with E-state index in [0.717, 1.165) is 15.9 Å². The molecule has 18 heavy (non-hydrogen) atoms. The Morgan fingerprint density at radius 3 is 2.94 bits per heavy atom. The Hall–Kier alpha value is -2.08. The van der Waals surface area contributed by atoms with Gasteiger partial charge < -0.3 is 5.32 Å². The van der Waals surface area contributed by atoms with Gasteiger partial charge >= 0.3 is 0 Å². The van der Waals surface area contributed by atoms with Crippen LogP contribution in [0.4, 0.5) is 15.3 Å². The maximum Gasteiger partial charge on any atom is 0.189 e. The molecule has 1 N–H and O–H groups in total. The number of nitrogens with one attached hydrogen (secondary N) is 1. The van der Waals surface area contributed by atoms with E-state index < -0.39 is 0 Å². The number of nitrogens with zero attached hydrogens (tertiary/aromatic N) is 3. The zero-order valence-electron chi connectivity index (χ0n) is 9.51. The van der Waals surface area contributed by atoms with Crippen molar-refractivity contribution in [2.24, 2.45) is 0 Å². The molecule has 0 aliphatic heterocycles. The number of fused-ring (bicyclic) bond motifs is 1. The van der Waals surface area contributed by atoms with E-state index in [-0.39, 0.29) is 5.82 Å². The second kappa shape index (κ2) is 4.30. The van der Waals surface area contributed by atoms with Crippen LogP contribution in [-0.2, 0) is 0 Å². The minimum atomic E-state index is -0.254. The zero-order chi connectivity index (χ0) is 12.5. The topological polar surface area (TPSA) is 50.7 Å². The first-order valence-corrected chi connectivity index (χ1v) is 6.14. The summed E-state index contributed by atoms with van der Waals surface area (Å²) in [6.07, 6.45) is 1.49. The van der Waals surface area contributed by atoms with E-state index in [1.54, 1.807) is 6.07 Å². The molecule has 6 heteroatoms. The lowest BCUT2D eigenvalue weighted by atomic mass is 10.3. The number of aromatic nitrogens is 3. The number of hydrogen-bond acceptors (Lipinski definition) is 5. The highest BCUT2D eigenvalue weighted by atomic mass is 32.1. The van der Waals surface area contributed by atoms with Gasteiger partial charge in [0.05, 0.1) is 10.2 Å². The summed E-state index contributed by atoms with van der Waals surface area (Å²) >= 11 is 1.39. The highest BCUT2D eigenvalue weighted by molar-refractivity contribution is 7.22. The summed E-state index contributed by atoms with van der Waals surface area (Å²) in [6.45, 7) is 1.89. The molecule has 4 nitrogen and oxygen atoms in total. The predicted octanol–water partition coefficient (Wildman–Crippen LogP) is 3.28. The van der Waals surface area contributed by atoms with Crippen LogP contribution in [0, 0.1) is 12.7 Å². The van der Waals surface area contributed by atoms with Gasteiger partial charge in [-0.05, 0) is 25.1 Å². The van der Waals surface area contributed by atoms with E-state index in [1.807, 2.05) is 13.0 Å². The van der Waals surface area contributed by atoms with E-state index in [1.165, 1.54) is 29.8 Å². The first kappa shape index (κ1) is 11.0. The molecule has 0 bridgehead atoms. The molecule has 2 aromatic heterocycles. The summed E-state index contributed by atoms with van der Waals surface area (Å²) in [4.78, 5) is 12.5. The smallest absolute Gasteiger partial charge is 0.189 e. The van der Waals surface area contributed by atoms with Crippen molar-refractivity contribution in [1.82, 2.24) is 15.0 Å². The highest BCUT2D eigenvalue weighted by Crippen LogP contribution is 2.28. The van der Waals surface area contributed by atoms with Crippen molar-refractivity contribution in [2.45, 2.75) is 6.92 Å². The van der Waals surface area contributed by atoms with Gasteiger partial charge in [0.2, 0.25) is 0 Å². The lowest BCUT2D eigenvalue weighted by Gasteiger charge is -2.00. The van der Waals surface area contributed by atoms with Crippen LogP contribution in [0.3, 0.4) is 0 Å².